The van der Waals surface area contributed by atoms with E-state index in [1.165, 1.54) is 0 Å². The quantitative estimate of drug-likeness (QED) is 0.731. The van der Waals surface area contributed by atoms with Crippen molar-refractivity contribution in [3.63, 3.8) is 0 Å². The van der Waals surface area contributed by atoms with E-state index in [2.05, 4.69) is 10.2 Å². The van der Waals surface area contributed by atoms with Crippen molar-refractivity contribution in [2.45, 2.75) is 25.2 Å². The molecule has 0 aromatic heterocycles. The van der Waals surface area contributed by atoms with E-state index in [4.69, 9.17) is 0 Å². The Morgan fingerprint density at radius 2 is 1.06 bits per heavy atom. The number of hydrazone groups is 2. The average molecular weight is 248 g/mol. The summed E-state index contributed by atoms with van der Waals surface area (Å²) in [5, 5.41) is 6.17. The molecule has 92 valence electrons. The summed E-state index contributed by atoms with van der Waals surface area (Å²) in [5.74, 6) is -1.17. The average Bonchev–Trinajstić information content (AvgIpc) is 2.03. The molecule has 0 saturated heterocycles. The van der Waals surface area contributed by atoms with Crippen molar-refractivity contribution in [2.24, 2.45) is 10.2 Å². The Morgan fingerprint density at radius 1 is 0.750 bits per heavy atom. The molecule has 1 aliphatic rings. The van der Waals surface area contributed by atoms with Crippen LogP contribution in [0.5, 0.6) is 0 Å². The van der Waals surface area contributed by atoms with Gasteiger partial charge < -0.3 is 0 Å². The highest BCUT2D eigenvalue weighted by Crippen LogP contribution is 2.21. The van der Waals surface area contributed by atoms with Crippen molar-refractivity contribution < 1.29 is 26.3 Å². The van der Waals surface area contributed by atoms with Crippen LogP contribution in [0.1, 0.15) is 12.8 Å². The standard InChI is InChI=1S/C6H6F6N4/c7-5(8,9)1-3-13-15-4(16-14-3)2-6(10,11)12/h1-2H2,(H,13,14)(H,15,16). The van der Waals surface area contributed by atoms with Gasteiger partial charge in [0.25, 0.3) is 0 Å². The minimum absolute atomic E-state index is 0.585. The van der Waals surface area contributed by atoms with E-state index < -0.39 is 36.9 Å². The molecule has 0 unspecified atom stereocenters. The van der Waals surface area contributed by atoms with Crippen LogP contribution in [0.3, 0.4) is 0 Å². The molecule has 2 N–H and O–H groups in total. The lowest BCUT2D eigenvalue weighted by atomic mass is 10.3. The third-order valence-electron chi connectivity index (χ3n) is 1.38. The molecule has 0 aliphatic carbocycles. The fourth-order valence-corrected chi connectivity index (χ4v) is 0.852. The Kier molecular flexibility index (Phi) is 3.29. The van der Waals surface area contributed by atoms with Gasteiger partial charge in [0.05, 0.1) is 0 Å². The van der Waals surface area contributed by atoms with Crippen molar-refractivity contribution in [2.75, 3.05) is 0 Å². The summed E-state index contributed by atoms with van der Waals surface area (Å²) >= 11 is 0. The molecule has 0 spiro atoms. The minimum Gasteiger partial charge on any atom is -0.261 e. The van der Waals surface area contributed by atoms with Crippen LogP contribution in [0.15, 0.2) is 10.2 Å². The van der Waals surface area contributed by atoms with E-state index in [9.17, 15) is 26.3 Å². The zero-order chi connectivity index (χ0) is 12.4. The summed E-state index contributed by atoms with van der Waals surface area (Å²) in [6.45, 7) is 0. The monoisotopic (exact) mass is 248 g/mol. The van der Waals surface area contributed by atoms with E-state index in [0.29, 0.717) is 0 Å². The molecule has 0 saturated carbocycles. The van der Waals surface area contributed by atoms with Crippen LogP contribution in [0.2, 0.25) is 0 Å². The second-order valence-electron chi connectivity index (χ2n) is 2.92. The Balaban J connectivity index is 2.47. The summed E-state index contributed by atoms with van der Waals surface area (Å²) in [4.78, 5) is 0. The van der Waals surface area contributed by atoms with Crippen LogP contribution in [0, 0.1) is 0 Å². The summed E-state index contributed by atoms with van der Waals surface area (Å²) in [7, 11) is 0. The number of nitrogens with one attached hydrogen (secondary N) is 2. The molecule has 0 radical (unpaired) electrons. The predicted octanol–water partition coefficient (Wildman–Crippen LogP) is 1.71. The third kappa shape index (κ3) is 4.84. The second kappa shape index (κ2) is 4.18. The highest BCUT2D eigenvalue weighted by atomic mass is 19.4. The molecule has 0 amide bonds. The first-order valence-electron chi connectivity index (χ1n) is 3.94. The van der Waals surface area contributed by atoms with Gasteiger partial charge in [0.2, 0.25) is 0 Å². The first kappa shape index (κ1) is 12.6. The number of halogens is 6. The SMILES string of the molecule is FC(F)(F)CC1=NNC(CC(F)(F)F)=NN1. The Bertz CT molecular complexity index is 282. The second-order valence-corrected chi connectivity index (χ2v) is 2.92. The molecule has 0 aromatic rings. The summed E-state index contributed by atoms with van der Waals surface area (Å²) in [6, 6.07) is 0. The Hall–Kier alpha value is -1.48. The maximum Gasteiger partial charge on any atom is 0.396 e. The number of hydrogen-bond donors (Lipinski definition) is 2. The molecule has 0 aromatic carbocycles. The molecular weight excluding hydrogens is 242 g/mol. The maximum atomic E-state index is 11.8. The molecule has 0 atom stereocenters. The van der Waals surface area contributed by atoms with E-state index in [1.54, 1.807) is 10.9 Å². The molecule has 1 aliphatic heterocycles. The van der Waals surface area contributed by atoms with Crippen molar-refractivity contribution in [3.8, 4) is 0 Å². The lowest BCUT2D eigenvalue weighted by Crippen LogP contribution is -2.37. The molecule has 4 nitrogen and oxygen atoms in total. The highest BCUT2D eigenvalue weighted by Gasteiger charge is 2.33. The Morgan fingerprint density at radius 3 is 1.25 bits per heavy atom. The van der Waals surface area contributed by atoms with E-state index in [0.717, 1.165) is 0 Å². The number of amidine groups is 2. The first-order chi connectivity index (χ1) is 7.16. The fourth-order valence-electron chi connectivity index (χ4n) is 0.852. The molecule has 1 rings (SSSR count). The number of alkyl halides is 6. The number of nitrogens with zero attached hydrogens (tertiary/aromatic N) is 2. The number of rotatable bonds is 2. The van der Waals surface area contributed by atoms with Gasteiger partial charge in [-0.2, -0.15) is 36.5 Å². The van der Waals surface area contributed by atoms with Crippen LogP contribution in [0.4, 0.5) is 26.3 Å². The summed E-state index contributed by atoms with van der Waals surface area (Å²) < 4.78 is 71.0. The zero-order valence-corrected chi connectivity index (χ0v) is 7.58. The van der Waals surface area contributed by atoms with Gasteiger partial charge in [0.1, 0.15) is 12.8 Å². The van der Waals surface area contributed by atoms with Crippen molar-refractivity contribution in [1.29, 1.82) is 0 Å². The lowest BCUT2D eigenvalue weighted by molar-refractivity contribution is -0.123. The van der Waals surface area contributed by atoms with Crippen molar-refractivity contribution in [3.05, 3.63) is 0 Å². The predicted molar refractivity (Wildman–Crippen MR) is 42.5 cm³/mol. The van der Waals surface area contributed by atoms with Gasteiger partial charge in [-0.25, -0.2) is 0 Å². The van der Waals surface area contributed by atoms with Crippen LogP contribution < -0.4 is 10.9 Å². The largest absolute Gasteiger partial charge is 0.396 e. The maximum absolute atomic E-state index is 11.8. The van der Waals surface area contributed by atoms with Gasteiger partial charge in [-0.3, -0.25) is 10.9 Å². The van der Waals surface area contributed by atoms with Gasteiger partial charge in [-0.15, -0.1) is 0 Å². The summed E-state index contributed by atoms with van der Waals surface area (Å²) in [6.07, 6.45) is -11.8. The van der Waals surface area contributed by atoms with Gasteiger partial charge in [0, 0.05) is 0 Å². The molecule has 10 heteroatoms. The summed E-state index contributed by atoms with van der Waals surface area (Å²) in [5.41, 5.74) is 3.61. The van der Waals surface area contributed by atoms with E-state index in [1.807, 2.05) is 0 Å². The van der Waals surface area contributed by atoms with Crippen LogP contribution >= 0.6 is 0 Å². The first-order valence-corrected chi connectivity index (χ1v) is 3.94. The van der Waals surface area contributed by atoms with E-state index in [-0.39, 0.29) is 0 Å². The highest BCUT2D eigenvalue weighted by molar-refractivity contribution is 5.91. The third-order valence-corrected chi connectivity index (χ3v) is 1.38. The molecule has 0 fully saturated rings. The minimum atomic E-state index is -4.50. The van der Waals surface area contributed by atoms with Crippen molar-refractivity contribution >= 4 is 11.7 Å². The van der Waals surface area contributed by atoms with Crippen molar-refractivity contribution in [1.82, 2.24) is 10.9 Å². The van der Waals surface area contributed by atoms with E-state index >= 15 is 0 Å². The molecular formula is C6H6F6N4. The molecule has 16 heavy (non-hydrogen) atoms. The van der Waals surface area contributed by atoms with Crippen LogP contribution in [-0.2, 0) is 0 Å². The van der Waals surface area contributed by atoms with Gasteiger partial charge in [-0.05, 0) is 0 Å². The lowest BCUT2D eigenvalue weighted by Gasteiger charge is -2.16. The zero-order valence-electron chi connectivity index (χ0n) is 7.58. The topological polar surface area (TPSA) is 48.8 Å². The van der Waals surface area contributed by atoms with Gasteiger partial charge in [0.15, 0.2) is 11.7 Å². The molecule has 1 heterocycles. The van der Waals surface area contributed by atoms with Crippen LogP contribution in [-0.4, -0.2) is 24.0 Å². The number of hydrogen-bond acceptors (Lipinski definition) is 4. The van der Waals surface area contributed by atoms with Gasteiger partial charge >= 0.3 is 12.4 Å². The molecule has 0 bridgehead atoms. The smallest absolute Gasteiger partial charge is 0.261 e. The Labute approximate surface area is 85.4 Å². The van der Waals surface area contributed by atoms with Crippen LogP contribution in [0.25, 0.3) is 0 Å². The fraction of sp³-hybridized carbons (Fsp3) is 0.667. The van der Waals surface area contributed by atoms with Gasteiger partial charge in [-0.1, -0.05) is 0 Å². The normalized spacial score (nSPS) is 17.1.